The summed E-state index contributed by atoms with van der Waals surface area (Å²) < 4.78 is 55.6. The van der Waals surface area contributed by atoms with Crippen molar-refractivity contribution in [1.82, 2.24) is 24.4 Å². The maximum atomic E-state index is 13.3. The Hall–Kier alpha value is -3.46. The lowest BCUT2D eigenvalue weighted by Crippen LogP contribution is -2.09. The average molecular weight is 432 g/mol. The van der Waals surface area contributed by atoms with Crippen LogP contribution in [0, 0.1) is 5.82 Å². The molecule has 0 bridgehead atoms. The number of benzene rings is 2. The van der Waals surface area contributed by atoms with Crippen molar-refractivity contribution < 1.29 is 17.6 Å². The van der Waals surface area contributed by atoms with E-state index in [1.165, 1.54) is 35.0 Å². The first-order valence-corrected chi connectivity index (χ1v) is 9.06. The summed E-state index contributed by atoms with van der Waals surface area (Å²) in [5.41, 5.74) is 1.60. The minimum atomic E-state index is -4.72. The number of para-hydroxylation sites is 1. The lowest BCUT2D eigenvalue weighted by molar-refractivity contribution is -0.144. The Morgan fingerprint density at radius 2 is 1.70 bits per heavy atom. The van der Waals surface area contributed by atoms with E-state index in [-0.39, 0.29) is 11.5 Å². The van der Waals surface area contributed by atoms with Crippen molar-refractivity contribution in [2.75, 3.05) is 0 Å². The maximum absolute atomic E-state index is 13.3. The molecule has 0 spiro atoms. The van der Waals surface area contributed by atoms with E-state index < -0.39 is 17.8 Å². The van der Waals surface area contributed by atoms with Crippen LogP contribution in [-0.4, -0.2) is 24.4 Å². The summed E-state index contributed by atoms with van der Waals surface area (Å²) in [6, 6.07) is 13.8. The monoisotopic (exact) mass is 431 g/mol. The Labute approximate surface area is 171 Å². The molecule has 0 radical (unpaired) electrons. The zero-order valence-corrected chi connectivity index (χ0v) is 15.7. The van der Waals surface area contributed by atoms with Gasteiger partial charge in [0.25, 0.3) is 5.82 Å². The van der Waals surface area contributed by atoms with Gasteiger partial charge in [-0.2, -0.15) is 22.8 Å². The van der Waals surface area contributed by atoms with E-state index in [2.05, 4.69) is 15.2 Å². The first kappa shape index (κ1) is 18.6. The lowest BCUT2D eigenvalue weighted by atomic mass is 10.1. The molecule has 3 aromatic heterocycles. The largest absolute Gasteiger partial charge is 0.453 e. The number of nitrogens with zero attached hydrogens (tertiary/aromatic N) is 5. The van der Waals surface area contributed by atoms with E-state index in [9.17, 15) is 17.6 Å². The number of aromatic nitrogens is 5. The van der Waals surface area contributed by atoms with Crippen LogP contribution in [0.25, 0.3) is 33.5 Å². The standard InChI is InChI=1S/C20H10ClF4N5/c21-15-3-1-2-12-10-26-30(18(12)15)17-9-13(11-4-6-14(22)7-5-11)8-16-27-19(20(23,24)25)28-29(16)17/h1-10H. The molecule has 0 N–H and O–H groups in total. The molecule has 0 aliphatic carbocycles. The van der Waals surface area contributed by atoms with Crippen molar-refractivity contribution in [2.45, 2.75) is 6.18 Å². The van der Waals surface area contributed by atoms with Crippen LogP contribution in [-0.2, 0) is 6.18 Å². The molecule has 0 amide bonds. The number of fused-ring (bicyclic) bond motifs is 2. The highest BCUT2D eigenvalue weighted by molar-refractivity contribution is 6.35. The summed E-state index contributed by atoms with van der Waals surface area (Å²) in [4.78, 5) is 3.64. The van der Waals surface area contributed by atoms with Crippen LogP contribution in [0.2, 0.25) is 5.02 Å². The van der Waals surface area contributed by atoms with Gasteiger partial charge in [0.1, 0.15) is 5.82 Å². The molecule has 5 aromatic rings. The average Bonchev–Trinajstić information content (AvgIpc) is 3.32. The van der Waals surface area contributed by atoms with E-state index in [4.69, 9.17) is 11.6 Å². The SMILES string of the molecule is Fc1ccc(-c2cc(-n3ncc4cccc(Cl)c43)n3nc(C(F)(F)F)nc3c2)cc1. The number of rotatable bonds is 2. The number of pyridine rings is 1. The first-order chi connectivity index (χ1) is 14.3. The summed E-state index contributed by atoms with van der Waals surface area (Å²) >= 11 is 6.33. The molecule has 0 aliphatic heterocycles. The Bertz CT molecular complexity index is 1400. The molecule has 150 valence electrons. The molecular formula is C20H10ClF4N5. The summed E-state index contributed by atoms with van der Waals surface area (Å²) in [5.74, 6) is -1.49. The van der Waals surface area contributed by atoms with Crippen LogP contribution in [0.4, 0.5) is 17.6 Å². The second-order valence-electron chi connectivity index (χ2n) is 6.55. The fourth-order valence-electron chi connectivity index (χ4n) is 3.26. The van der Waals surface area contributed by atoms with Crippen molar-refractivity contribution in [1.29, 1.82) is 0 Å². The first-order valence-electron chi connectivity index (χ1n) is 8.68. The van der Waals surface area contributed by atoms with E-state index in [1.807, 2.05) is 0 Å². The van der Waals surface area contributed by atoms with E-state index in [0.717, 1.165) is 4.52 Å². The van der Waals surface area contributed by atoms with Crippen molar-refractivity contribution in [3.8, 4) is 16.9 Å². The molecule has 0 atom stereocenters. The smallest absolute Gasteiger partial charge is 0.213 e. The van der Waals surface area contributed by atoms with Crippen molar-refractivity contribution in [2.24, 2.45) is 0 Å². The van der Waals surface area contributed by atoms with Gasteiger partial charge in [0.05, 0.1) is 16.7 Å². The predicted octanol–water partition coefficient (Wildman–Crippen LogP) is 5.55. The third-order valence-electron chi connectivity index (χ3n) is 4.61. The van der Waals surface area contributed by atoms with Crippen LogP contribution in [0.5, 0.6) is 0 Å². The summed E-state index contributed by atoms with van der Waals surface area (Å²) in [7, 11) is 0. The molecule has 30 heavy (non-hydrogen) atoms. The highest BCUT2D eigenvalue weighted by Gasteiger charge is 2.36. The predicted molar refractivity (Wildman–Crippen MR) is 103 cm³/mol. The topological polar surface area (TPSA) is 48.0 Å². The molecule has 5 rings (SSSR count). The second-order valence-corrected chi connectivity index (χ2v) is 6.95. The minimum Gasteiger partial charge on any atom is -0.213 e. The molecular weight excluding hydrogens is 422 g/mol. The molecule has 0 aliphatic rings. The zero-order valence-electron chi connectivity index (χ0n) is 14.9. The molecule has 0 saturated heterocycles. The van der Waals surface area contributed by atoms with Crippen molar-refractivity contribution in [3.63, 3.8) is 0 Å². The highest BCUT2D eigenvalue weighted by atomic mass is 35.5. The zero-order chi connectivity index (χ0) is 21.0. The molecule has 5 nitrogen and oxygen atoms in total. The summed E-state index contributed by atoms with van der Waals surface area (Å²) in [6.45, 7) is 0. The van der Waals surface area contributed by atoms with Gasteiger partial charge in [0, 0.05) is 5.39 Å². The molecule has 3 heterocycles. The lowest BCUT2D eigenvalue weighted by Gasteiger charge is -2.10. The van der Waals surface area contributed by atoms with Gasteiger partial charge in [0.15, 0.2) is 11.5 Å². The third-order valence-corrected chi connectivity index (χ3v) is 4.91. The van der Waals surface area contributed by atoms with Gasteiger partial charge >= 0.3 is 6.18 Å². The Balaban J connectivity index is 1.84. The van der Waals surface area contributed by atoms with Gasteiger partial charge < -0.3 is 0 Å². The fourth-order valence-corrected chi connectivity index (χ4v) is 3.52. The van der Waals surface area contributed by atoms with E-state index in [1.54, 1.807) is 30.5 Å². The summed E-state index contributed by atoms with van der Waals surface area (Å²) in [5, 5.41) is 9.02. The third kappa shape index (κ3) is 2.98. The number of halogens is 5. The number of hydrogen-bond acceptors (Lipinski definition) is 3. The van der Waals surface area contributed by atoms with Crippen molar-refractivity contribution >= 4 is 28.2 Å². The Morgan fingerprint density at radius 1 is 0.933 bits per heavy atom. The van der Waals surface area contributed by atoms with Gasteiger partial charge in [-0.3, -0.25) is 0 Å². The molecule has 0 unspecified atom stereocenters. The van der Waals surface area contributed by atoms with E-state index in [0.29, 0.717) is 27.1 Å². The summed E-state index contributed by atoms with van der Waals surface area (Å²) in [6.07, 6.45) is -3.16. The van der Waals surface area contributed by atoms with Crippen LogP contribution in [0.15, 0.2) is 60.8 Å². The highest BCUT2D eigenvalue weighted by Crippen LogP contribution is 2.31. The number of alkyl halides is 3. The van der Waals surface area contributed by atoms with Gasteiger partial charge in [-0.05, 0) is 41.5 Å². The van der Waals surface area contributed by atoms with Crippen LogP contribution in [0.3, 0.4) is 0 Å². The van der Waals surface area contributed by atoms with Gasteiger partial charge in [0.2, 0.25) is 0 Å². The van der Waals surface area contributed by atoms with Gasteiger partial charge in [-0.15, -0.1) is 5.10 Å². The minimum absolute atomic E-state index is 0.0325. The molecule has 10 heteroatoms. The fraction of sp³-hybridized carbons (Fsp3) is 0.0500. The van der Waals surface area contributed by atoms with Gasteiger partial charge in [-0.25, -0.2) is 14.1 Å². The Morgan fingerprint density at radius 3 is 2.43 bits per heavy atom. The molecule has 0 fully saturated rings. The Kier molecular flexibility index (Phi) is 4.04. The van der Waals surface area contributed by atoms with Crippen LogP contribution >= 0.6 is 11.6 Å². The van der Waals surface area contributed by atoms with E-state index >= 15 is 0 Å². The second kappa shape index (κ2) is 6.53. The molecule has 0 saturated carbocycles. The van der Waals surface area contributed by atoms with Gasteiger partial charge in [-0.1, -0.05) is 35.9 Å². The normalized spacial score (nSPS) is 12.2. The number of hydrogen-bond donors (Lipinski definition) is 0. The maximum Gasteiger partial charge on any atom is 0.453 e. The quantitative estimate of drug-likeness (QED) is 0.344. The van der Waals surface area contributed by atoms with Crippen molar-refractivity contribution in [3.05, 3.63) is 77.5 Å². The molecule has 2 aromatic carbocycles. The van der Waals surface area contributed by atoms with Crippen LogP contribution < -0.4 is 0 Å². The van der Waals surface area contributed by atoms with Crippen LogP contribution in [0.1, 0.15) is 5.82 Å².